The van der Waals surface area contributed by atoms with Gasteiger partial charge in [0.2, 0.25) is 0 Å². The van der Waals surface area contributed by atoms with Gasteiger partial charge in [0.25, 0.3) is 0 Å². The number of methoxy groups -OCH3 is 1. The molecule has 1 aliphatic carbocycles. The molecule has 130 valence electrons. The molecule has 0 radical (unpaired) electrons. The van der Waals surface area contributed by atoms with Crippen LogP contribution >= 0.6 is 24.0 Å². The molecule has 0 aliphatic heterocycles. The summed E-state index contributed by atoms with van der Waals surface area (Å²) >= 11 is 0. The zero-order valence-electron chi connectivity index (χ0n) is 14.0. The number of halogens is 1. The highest BCUT2D eigenvalue weighted by Gasteiger charge is 2.13. The van der Waals surface area contributed by atoms with E-state index in [1.54, 1.807) is 7.11 Å². The van der Waals surface area contributed by atoms with Crippen molar-refractivity contribution in [1.82, 2.24) is 5.32 Å². The molecular formula is C17H28IN3O2. The van der Waals surface area contributed by atoms with Crippen molar-refractivity contribution in [3.63, 3.8) is 0 Å². The van der Waals surface area contributed by atoms with E-state index in [0.29, 0.717) is 18.5 Å². The molecular weight excluding hydrogens is 405 g/mol. The van der Waals surface area contributed by atoms with Crippen LogP contribution in [-0.2, 0) is 0 Å². The topological polar surface area (TPSA) is 68.9 Å². The van der Waals surface area contributed by atoms with Gasteiger partial charge in [-0.05, 0) is 31.9 Å². The van der Waals surface area contributed by atoms with Gasteiger partial charge in [0.1, 0.15) is 6.10 Å². The lowest BCUT2D eigenvalue weighted by atomic mass is 9.96. The van der Waals surface area contributed by atoms with Gasteiger partial charge < -0.3 is 20.5 Å². The Balaban J connectivity index is 0.00000264. The monoisotopic (exact) mass is 433 g/mol. The Kier molecular flexibility index (Phi) is 9.13. The van der Waals surface area contributed by atoms with Crippen LogP contribution in [0.15, 0.2) is 29.3 Å². The van der Waals surface area contributed by atoms with Crippen molar-refractivity contribution in [2.75, 3.05) is 13.7 Å². The lowest BCUT2D eigenvalue weighted by Gasteiger charge is -2.23. The first-order valence-corrected chi connectivity index (χ1v) is 8.05. The molecule has 1 atom stereocenters. The van der Waals surface area contributed by atoms with Crippen LogP contribution in [0.3, 0.4) is 0 Å². The van der Waals surface area contributed by atoms with Crippen LogP contribution in [0.4, 0.5) is 0 Å². The van der Waals surface area contributed by atoms with Crippen molar-refractivity contribution >= 4 is 29.9 Å². The van der Waals surface area contributed by atoms with Crippen LogP contribution in [0.25, 0.3) is 0 Å². The first kappa shape index (κ1) is 19.9. The van der Waals surface area contributed by atoms with Gasteiger partial charge >= 0.3 is 0 Å². The molecule has 0 bridgehead atoms. The predicted molar refractivity (Wildman–Crippen MR) is 105 cm³/mol. The predicted octanol–water partition coefficient (Wildman–Crippen LogP) is 3.32. The highest BCUT2D eigenvalue weighted by molar-refractivity contribution is 14.0. The Hall–Kier alpha value is -1.18. The molecule has 1 unspecified atom stereocenters. The van der Waals surface area contributed by atoms with E-state index in [0.717, 1.165) is 11.5 Å². The van der Waals surface area contributed by atoms with Gasteiger partial charge in [-0.2, -0.15) is 0 Å². The molecule has 1 aromatic rings. The molecule has 1 saturated carbocycles. The number of guanidine groups is 1. The second kappa shape index (κ2) is 10.6. The third kappa shape index (κ3) is 6.85. The number of nitrogens with two attached hydrogens (primary N) is 1. The van der Waals surface area contributed by atoms with Crippen molar-refractivity contribution in [3.05, 3.63) is 24.3 Å². The molecule has 0 spiro atoms. The minimum atomic E-state index is -0.0667. The highest BCUT2D eigenvalue weighted by Crippen LogP contribution is 2.26. The van der Waals surface area contributed by atoms with E-state index in [2.05, 4.69) is 10.3 Å². The Morgan fingerprint density at radius 2 is 1.91 bits per heavy atom. The maximum absolute atomic E-state index is 5.96. The van der Waals surface area contributed by atoms with Crippen LogP contribution in [0.5, 0.6) is 11.5 Å². The van der Waals surface area contributed by atoms with E-state index in [-0.39, 0.29) is 30.1 Å². The Labute approximate surface area is 156 Å². The molecule has 0 heterocycles. The smallest absolute Gasteiger partial charge is 0.188 e. The van der Waals surface area contributed by atoms with Gasteiger partial charge in [0.15, 0.2) is 17.5 Å². The zero-order valence-corrected chi connectivity index (χ0v) is 16.3. The number of aliphatic imine (C=N–C) groups is 1. The average Bonchev–Trinajstić information content (AvgIpc) is 2.54. The molecule has 2 rings (SSSR count). The normalized spacial score (nSPS) is 17.0. The molecule has 1 fully saturated rings. The minimum absolute atomic E-state index is 0. The number of benzene rings is 1. The maximum atomic E-state index is 5.96. The summed E-state index contributed by atoms with van der Waals surface area (Å²) in [6.07, 6.45) is 6.19. The van der Waals surface area contributed by atoms with E-state index in [4.69, 9.17) is 15.2 Å². The summed E-state index contributed by atoms with van der Waals surface area (Å²) < 4.78 is 11.1. The molecule has 23 heavy (non-hydrogen) atoms. The summed E-state index contributed by atoms with van der Waals surface area (Å²) in [5.74, 6) is 1.97. The van der Waals surface area contributed by atoms with Crippen LogP contribution < -0.4 is 20.5 Å². The van der Waals surface area contributed by atoms with E-state index in [1.165, 1.54) is 32.1 Å². The number of rotatable bonds is 6. The third-order valence-electron chi connectivity index (χ3n) is 3.87. The number of ether oxygens (including phenoxy) is 2. The number of para-hydroxylation sites is 2. The minimum Gasteiger partial charge on any atom is -0.493 e. The molecule has 0 amide bonds. The molecule has 1 aliphatic rings. The number of nitrogens with zero attached hydrogens (tertiary/aromatic N) is 1. The lowest BCUT2D eigenvalue weighted by molar-refractivity contribution is 0.219. The van der Waals surface area contributed by atoms with E-state index >= 15 is 0 Å². The fraction of sp³-hybridized carbons (Fsp3) is 0.588. The van der Waals surface area contributed by atoms with Crippen LogP contribution in [0.2, 0.25) is 0 Å². The van der Waals surface area contributed by atoms with Crippen molar-refractivity contribution in [2.45, 2.75) is 51.2 Å². The molecule has 5 nitrogen and oxygen atoms in total. The van der Waals surface area contributed by atoms with E-state index < -0.39 is 0 Å². The van der Waals surface area contributed by atoms with Crippen LogP contribution in [0, 0.1) is 0 Å². The summed E-state index contributed by atoms with van der Waals surface area (Å²) in [7, 11) is 1.64. The Bertz CT molecular complexity index is 490. The third-order valence-corrected chi connectivity index (χ3v) is 3.87. The maximum Gasteiger partial charge on any atom is 0.188 e. The van der Waals surface area contributed by atoms with Gasteiger partial charge in [-0.3, -0.25) is 0 Å². The molecule has 0 aromatic heterocycles. The van der Waals surface area contributed by atoms with Crippen molar-refractivity contribution < 1.29 is 9.47 Å². The largest absolute Gasteiger partial charge is 0.493 e. The molecule has 3 N–H and O–H groups in total. The molecule has 0 saturated heterocycles. The van der Waals surface area contributed by atoms with Crippen LogP contribution in [-0.4, -0.2) is 31.8 Å². The summed E-state index contributed by atoms with van der Waals surface area (Å²) in [6.45, 7) is 2.49. The summed E-state index contributed by atoms with van der Waals surface area (Å²) in [4.78, 5) is 4.39. The number of nitrogens with one attached hydrogen (secondary N) is 1. The molecule has 6 heteroatoms. The standard InChI is InChI=1S/C17H27N3O2.HI/c1-13(22-16-11-7-6-10-15(16)21-2)12-19-17(18)20-14-8-4-3-5-9-14;/h6-7,10-11,13-14H,3-5,8-9,12H2,1-2H3,(H3,18,19,20);1H. The van der Waals surface area contributed by atoms with Crippen molar-refractivity contribution in [3.8, 4) is 11.5 Å². The lowest BCUT2D eigenvalue weighted by Crippen LogP contribution is -2.41. The Morgan fingerprint density at radius 3 is 2.57 bits per heavy atom. The molecule has 1 aromatic carbocycles. The second-order valence-electron chi connectivity index (χ2n) is 5.78. The fourth-order valence-electron chi connectivity index (χ4n) is 2.70. The van der Waals surface area contributed by atoms with Gasteiger partial charge in [0.05, 0.1) is 13.7 Å². The quantitative estimate of drug-likeness (QED) is 0.410. The average molecular weight is 433 g/mol. The zero-order chi connectivity index (χ0) is 15.8. The van der Waals surface area contributed by atoms with Gasteiger partial charge in [0, 0.05) is 6.04 Å². The van der Waals surface area contributed by atoms with Gasteiger partial charge in [-0.15, -0.1) is 24.0 Å². The number of hydrogen-bond acceptors (Lipinski definition) is 3. The fourth-order valence-corrected chi connectivity index (χ4v) is 2.70. The highest BCUT2D eigenvalue weighted by atomic mass is 127. The first-order valence-electron chi connectivity index (χ1n) is 8.05. The summed E-state index contributed by atoms with van der Waals surface area (Å²) in [5.41, 5.74) is 5.96. The second-order valence-corrected chi connectivity index (χ2v) is 5.78. The van der Waals surface area contributed by atoms with Gasteiger partial charge in [-0.1, -0.05) is 31.4 Å². The summed E-state index contributed by atoms with van der Waals surface area (Å²) in [5, 5.41) is 3.31. The van der Waals surface area contributed by atoms with Crippen molar-refractivity contribution in [2.24, 2.45) is 10.7 Å². The Morgan fingerprint density at radius 1 is 1.26 bits per heavy atom. The van der Waals surface area contributed by atoms with E-state index in [1.807, 2.05) is 31.2 Å². The SMILES string of the molecule is COc1ccccc1OC(C)CN=C(N)NC1CCCCC1.I. The van der Waals surface area contributed by atoms with E-state index in [9.17, 15) is 0 Å². The summed E-state index contributed by atoms with van der Waals surface area (Å²) in [6, 6.07) is 8.09. The first-order chi connectivity index (χ1) is 10.7. The van der Waals surface area contributed by atoms with Crippen LogP contribution in [0.1, 0.15) is 39.0 Å². The number of hydrogen-bond donors (Lipinski definition) is 2. The van der Waals surface area contributed by atoms with Gasteiger partial charge in [-0.25, -0.2) is 4.99 Å². The van der Waals surface area contributed by atoms with Crippen molar-refractivity contribution in [1.29, 1.82) is 0 Å².